The second-order valence-electron chi connectivity index (χ2n) is 4.69. The van der Waals surface area contributed by atoms with Crippen LogP contribution >= 0.6 is 0 Å². The van der Waals surface area contributed by atoms with E-state index in [9.17, 15) is 15.2 Å². The highest BCUT2D eigenvalue weighted by Crippen LogP contribution is 2.26. The molecule has 1 atom stereocenters. The fourth-order valence-electron chi connectivity index (χ4n) is 2.54. The predicted molar refractivity (Wildman–Crippen MR) is 70.2 cm³/mol. The summed E-state index contributed by atoms with van der Waals surface area (Å²) >= 11 is 0. The van der Waals surface area contributed by atoms with Gasteiger partial charge >= 0.3 is 0 Å². The molecule has 1 aromatic carbocycles. The average molecular weight is 262 g/mol. The van der Waals surface area contributed by atoms with Gasteiger partial charge in [0.1, 0.15) is 0 Å². The number of aromatic nitrogens is 2. The van der Waals surface area contributed by atoms with Crippen molar-refractivity contribution in [2.75, 3.05) is 18.1 Å². The maximum Gasteiger partial charge on any atom is 0.271 e. The first-order valence-corrected chi connectivity index (χ1v) is 6.20. The number of nitrogens with one attached hydrogen (secondary N) is 1. The van der Waals surface area contributed by atoms with Crippen LogP contribution in [0.5, 0.6) is 0 Å². The van der Waals surface area contributed by atoms with Gasteiger partial charge in [0.2, 0.25) is 5.95 Å². The Morgan fingerprint density at radius 3 is 3.16 bits per heavy atom. The molecule has 1 unspecified atom stereocenters. The van der Waals surface area contributed by atoms with Gasteiger partial charge in [0, 0.05) is 18.7 Å². The summed E-state index contributed by atoms with van der Waals surface area (Å²) in [7, 11) is 0. The highest BCUT2D eigenvalue weighted by atomic mass is 16.6. The van der Waals surface area contributed by atoms with Gasteiger partial charge in [-0.2, -0.15) is 0 Å². The Balaban J connectivity index is 1.99. The van der Waals surface area contributed by atoms with Gasteiger partial charge in [0.05, 0.1) is 28.6 Å². The van der Waals surface area contributed by atoms with Crippen LogP contribution in [0.1, 0.15) is 12.8 Å². The molecule has 0 spiro atoms. The highest BCUT2D eigenvalue weighted by Gasteiger charge is 2.26. The Morgan fingerprint density at radius 2 is 2.42 bits per heavy atom. The van der Waals surface area contributed by atoms with Crippen molar-refractivity contribution in [2.45, 2.75) is 18.9 Å². The van der Waals surface area contributed by atoms with Gasteiger partial charge < -0.3 is 15.0 Å². The maximum absolute atomic E-state index is 10.7. The van der Waals surface area contributed by atoms with Crippen molar-refractivity contribution in [1.82, 2.24) is 9.97 Å². The van der Waals surface area contributed by atoms with Gasteiger partial charge in [-0.25, -0.2) is 4.98 Å². The van der Waals surface area contributed by atoms with Crippen LogP contribution in [0.2, 0.25) is 0 Å². The zero-order valence-corrected chi connectivity index (χ0v) is 10.2. The summed E-state index contributed by atoms with van der Waals surface area (Å²) in [6, 6.07) is 4.64. The molecule has 19 heavy (non-hydrogen) atoms. The minimum absolute atomic E-state index is 0.0443. The number of non-ortho nitro benzene ring substituents is 1. The normalized spacial score (nSPS) is 19.2. The lowest BCUT2D eigenvalue weighted by Gasteiger charge is -2.21. The maximum atomic E-state index is 10.7. The lowest BCUT2D eigenvalue weighted by atomic mass is 10.2. The molecule has 2 aromatic rings. The van der Waals surface area contributed by atoms with E-state index < -0.39 is 4.92 Å². The number of fused-ring (bicyclic) bond motifs is 1. The van der Waals surface area contributed by atoms with Gasteiger partial charge in [0.15, 0.2) is 0 Å². The highest BCUT2D eigenvalue weighted by molar-refractivity contribution is 5.80. The molecular formula is C12H14N4O3. The number of aliphatic hydroxyl groups is 1. The van der Waals surface area contributed by atoms with E-state index >= 15 is 0 Å². The molecule has 0 radical (unpaired) electrons. The molecule has 3 rings (SSSR count). The average Bonchev–Trinajstić information content (AvgIpc) is 3.03. The molecule has 7 nitrogen and oxygen atoms in total. The molecule has 7 heteroatoms. The number of hydrogen-bond donors (Lipinski definition) is 2. The summed E-state index contributed by atoms with van der Waals surface area (Å²) in [6.45, 7) is 0.935. The number of H-pyrrole nitrogens is 1. The Bertz CT molecular complexity index is 624. The number of aromatic amines is 1. The third kappa shape index (κ3) is 2.01. The van der Waals surface area contributed by atoms with Crippen molar-refractivity contribution in [3.63, 3.8) is 0 Å². The van der Waals surface area contributed by atoms with Crippen molar-refractivity contribution in [3.8, 4) is 0 Å². The van der Waals surface area contributed by atoms with E-state index in [0.29, 0.717) is 17.0 Å². The number of aliphatic hydroxyl groups excluding tert-OH is 1. The Labute approximate surface area is 109 Å². The number of rotatable bonds is 3. The smallest absolute Gasteiger partial charge is 0.271 e. The Kier molecular flexibility index (Phi) is 2.83. The van der Waals surface area contributed by atoms with E-state index in [1.807, 2.05) is 4.90 Å². The topological polar surface area (TPSA) is 95.3 Å². The van der Waals surface area contributed by atoms with Crippen LogP contribution in [0, 0.1) is 10.1 Å². The quantitative estimate of drug-likeness (QED) is 0.644. The molecule has 1 saturated heterocycles. The van der Waals surface area contributed by atoms with Gasteiger partial charge in [-0.05, 0) is 18.9 Å². The summed E-state index contributed by atoms with van der Waals surface area (Å²) in [4.78, 5) is 19.9. The summed E-state index contributed by atoms with van der Waals surface area (Å²) in [5.74, 6) is 0.673. The fourth-order valence-corrected chi connectivity index (χ4v) is 2.54. The lowest BCUT2D eigenvalue weighted by Crippen LogP contribution is -2.32. The number of imidazole rings is 1. The predicted octanol–water partition coefficient (Wildman–Crippen LogP) is 1.43. The van der Waals surface area contributed by atoms with Crippen molar-refractivity contribution in [2.24, 2.45) is 0 Å². The van der Waals surface area contributed by atoms with Crippen LogP contribution in [0.25, 0.3) is 11.0 Å². The first kappa shape index (κ1) is 11.9. The van der Waals surface area contributed by atoms with Crippen LogP contribution in [0.4, 0.5) is 11.6 Å². The van der Waals surface area contributed by atoms with Gasteiger partial charge in [-0.15, -0.1) is 0 Å². The van der Waals surface area contributed by atoms with Crippen molar-refractivity contribution >= 4 is 22.7 Å². The zero-order chi connectivity index (χ0) is 13.4. The monoisotopic (exact) mass is 262 g/mol. The Morgan fingerprint density at radius 1 is 1.58 bits per heavy atom. The molecule has 1 fully saturated rings. The number of nitrogens with zero attached hydrogens (tertiary/aromatic N) is 3. The molecule has 2 N–H and O–H groups in total. The number of nitro groups is 1. The largest absolute Gasteiger partial charge is 0.394 e. The van der Waals surface area contributed by atoms with Crippen molar-refractivity contribution < 1.29 is 10.0 Å². The second-order valence-corrected chi connectivity index (χ2v) is 4.69. The summed E-state index contributed by atoms with van der Waals surface area (Å²) in [5.41, 5.74) is 1.39. The minimum Gasteiger partial charge on any atom is -0.394 e. The molecule has 1 aliphatic rings. The van der Waals surface area contributed by atoms with Gasteiger partial charge in [0.25, 0.3) is 5.69 Å². The molecule has 0 bridgehead atoms. The summed E-state index contributed by atoms with van der Waals surface area (Å²) in [5, 5.41) is 20.1. The number of benzene rings is 1. The molecule has 2 heterocycles. The molecular weight excluding hydrogens is 248 g/mol. The first-order chi connectivity index (χ1) is 9.19. The van der Waals surface area contributed by atoms with Gasteiger partial charge in [-0.1, -0.05) is 0 Å². The molecule has 0 saturated carbocycles. The van der Waals surface area contributed by atoms with E-state index in [4.69, 9.17) is 0 Å². The minimum atomic E-state index is -0.424. The van der Waals surface area contributed by atoms with E-state index in [0.717, 1.165) is 19.4 Å². The van der Waals surface area contributed by atoms with E-state index in [2.05, 4.69) is 9.97 Å². The van der Waals surface area contributed by atoms with Crippen LogP contribution in [0.3, 0.4) is 0 Å². The van der Waals surface area contributed by atoms with Crippen LogP contribution < -0.4 is 4.90 Å². The van der Waals surface area contributed by atoms with Crippen LogP contribution in [-0.2, 0) is 0 Å². The van der Waals surface area contributed by atoms with E-state index in [1.54, 1.807) is 6.07 Å². The molecule has 0 aliphatic carbocycles. The fraction of sp³-hybridized carbons (Fsp3) is 0.417. The summed E-state index contributed by atoms with van der Waals surface area (Å²) < 4.78 is 0. The zero-order valence-electron chi connectivity index (χ0n) is 10.2. The molecule has 100 valence electrons. The van der Waals surface area contributed by atoms with Gasteiger partial charge in [-0.3, -0.25) is 10.1 Å². The van der Waals surface area contributed by atoms with E-state index in [1.165, 1.54) is 12.1 Å². The standard InChI is InChI=1S/C12H14N4O3/c17-7-9-2-1-5-15(9)12-13-10-4-3-8(16(18)19)6-11(10)14-12/h3-4,6,9,17H,1-2,5,7H2,(H,13,14). The van der Waals surface area contributed by atoms with E-state index in [-0.39, 0.29) is 18.3 Å². The summed E-state index contributed by atoms with van der Waals surface area (Å²) in [6.07, 6.45) is 1.95. The lowest BCUT2D eigenvalue weighted by molar-refractivity contribution is -0.384. The third-order valence-corrected chi connectivity index (χ3v) is 3.52. The van der Waals surface area contributed by atoms with Crippen molar-refractivity contribution in [1.29, 1.82) is 0 Å². The molecule has 1 aliphatic heterocycles. The Hall–Kier alpha value is -2.15. The number of nitro benzene ring substituents is 1. The first-order valence-electron chi connectivity index (χ1n) is 6.20. The SMILES string of the molecule is O=[N+]([O-])c1ccc2nc(N3CCCC3CO)[nH]c2c1. The second kappa shape index (κ2) is 4.51. The number of anilines is 1. The molecule has 0 amide bonds. The van der Waals surface area contributed by atoms with Crippen LogP contribution in [-0.4, -0.2) is 39.2 Å². The van der Waals surface area contributed by atoms with Crippen LogP contribution in [0.15, 0.2) is 18.2 Å². The molecule has 1 aromatic heterocycles. The van der Waals surface area contributed by atoms with Crippen molar-refractivity contribution in [3.05, 3.63) is 28.3 Å². The number of hydrogen-bond acceptors (Lipinski definition) is 5. The third-order valence-electron chi connectivity index (χ3n) is 3.52.